The Bertz CT molecular complexity index is 1090. The fourth-order valence-corrected chi connectivity index (χ4v) is 3.04. The first-order valence-electron chi connectivity index (χ1n) is 8.04. The van der Waals surface area contributed by atoms with E-state index in [1.54, 1.807) is 29.2 Å². The smallest absolute Gasteiger partial charge is 0.258 e. The summed E-state index contributed by atoms with van der Waals surface area (Å²) in [6, 6.07) is 16.0. The van der Waals surface area contributed by atoms with Crippen molar-refractivity contribution >= 4 is 28.4 Å². The number of aliphatic imine (C=N–C) groups is 1. The molecule has 4 rings (SSSR count). The molecule has 132 valence electrons. The van der Waals surface area contributed by atoms with Crippen molar-refractivity contribution in [3.8, 4) is 16.9 Å². The van der Waals surface area contributed by atoms with Crippen LogP contribution in [0.4, 0.5) is 10.8 Å². The zero-order valence-electron chi connectivity index (χ0n) is 14.0. The molecule has 27 heavy (non-hydrogen) atoms. The molecule has 0 bridgehead atoms. The van der Waals surface area contributed by atoms with E-state index in [4.69, 9.17) is 0 Å². The average Bonchev–Trinajstić information content (AvgIpc) is 3.37. The molecule has 0 fully saturated rings. The van der Waals surface area contributed by atoms with Gasteiger partial charge in [0.25, 0.3) is 5.69 Å². The van der Waals surface area contributed by atoms with E-state index in [2.05, 4.69) is 15.1 Å². The minimum absolute atomic E-state index is 0.0410. The van der Waals surface area contributed by atoms with Crippen LogP contribution in [0.1, 0.15) is 5.56 Å². The Balaban J connectivity index is 1.78. The van der Waals surface area contributed by atoms with Crippen molar-refractivity contribution in [1.29, 1.82) is 0 Å². The zero-order valence-corrected chi connectivity index (χ0v) is 14.8. The second-order valence-corrected chi connectivity index (χ2v) is 6.46. The lowest BCUT2D eigenvalue weighted by molar-refractivity contribution is -0.384. The van der Waals surface area contributed by atoms with Crippen LogP contribution in [0.3, 0.4) is 0 Å². The van der Waals surface area contributed by atoms with Crippen molar-refractivity contribution in [2.45, 2.75) is 0 Å². The highest BCUT2D eigenvalue weighted by Gasteiger charge is 2.13. The van der Waals surface area contributed by atoms with E-state index < -0.39 is 4.92 Å². The van der Waals surface area contributed by atoms with Crippen molar-refractivity contribution < 1.29 is 4.92 Å². The van der Waals surface area contributed by atoms with E-state index >= 15 is 0 Å². The molecular formula is C19H13N5O2S. The van der Waals surface area contributed by atoms with Gasteiger partial charge in [-0.2, -0.15) is 5.10 Å². The monoisotopic (exact) mass is 375 g/mol. The number of benzene rings is 2. The third-order valence-electron chi connectivity index (χ3n) is 3.85. The third-order valence-corrected chi connectivity index (χ3v) is 4.53. The number of nitrogens with zero attached hydrogens (tertiary/aromatic N) is 5. The quantitative estimate of drug-likeness (QED) is 0.288. The van der Waals surface area contributed by atoms with Gasteiger partial charge in [0, 0.05) is 47.2 Å². The van der Waals surface area contributed by atoms with Crippen LogP contribution in [0.5, 0.6) is 0 Å². The molecule has 0 aliphatic rings. The van der Waals surface area contributed by atoms with Crippen LogP contribution >= 0.6 is 11.3 Å². The summed E-state index contributed by atoms with van der Waals surface area (Å²) in [5, 5.41) is 18.1. The van der Waals surface area contributed by atoms with E-state index in [-0.39, 0.29) is 5.69 Å². The Morgan fingerprint density at radius 2 is 1.89 bits per heavy atom. The summed E-state index contributed by atoms with van der Waals surface area (Å²) in [6.07, 6.45) is 5.28. The van der Waals surface area contributed by atoms with E-state index in [0.717, 1.165) is 16.8 Å². The number of thiazole rings is 1. The van der Waals surface area contributed by atoms with Crippen molar-refractivity contribution in [2.75, 3.05) is 0 Å². The molecule has 2 aromatic carbocycles. The third kappa shape index (κ3) is 3.65. The molecule has 7 nitrogen and oxygen atoms in total. The summed E-state index contributed by atoms with van der Waals surface area (Å²) in [7, 11) is 0. The van der Waals surface area contributed by atoms with Crippen LogP contribution in [0.2, 0.25) is 0 Å². The second-order valence-electron chi connectivity index (χ2n) is 5.59. The summed E-state index contributed by atoms with van der Waals surface area (Å²) >= 11 is 1.44. The van der Waals surface area contributed by atoms with Gasteiger partial charge in [-0.3, -0.25) is 10.1 Å². The summed E-state index contributed by atoms with van der Waals surface area (Å²) < 4.78 is 1.76. The predicted molar refractivity (Wildman–Crippen MR) is 105 cm³/mol. The topological polar surface area (TPSA) is 86.2 Å². The maximum atomic E-state index is 10.9. The first-order valence-corrected chi connectivity index (χ1v) is 8.92. The number of non-ortho nitro benzene ring substituents is 1. The molecule has 0 N–H and O–H groups in total. The zero-order chi connectivity index (χ0) is 18.6. The van der Waals surface area contributed by atoms with Gasteiger partial charge in [-0.25, -0.2) is 14.7 Å². The summed E-state index contributed by atoms with van der Waals surface area (Å²) in [5.74, 6) is 0. The second kappa shape index (κ2) is 7.30. The molecule has 2 heterocycles. The first-order chi connectivity index (χ1) is 13.2. The normalized spacial score (nSPS) is 11.1. The SMILES string of the molecule is O=[N+]([O-])c1ccc(-c2nn(-c3ccccc3)cc2/C=N/c2nccs2)cc1. The molecule has 0 radical (unpaired) electrons. The van der Waals surface area contributed by atoms with Gasteiger partial charge >= 0.3 is 0 Å². The van der Waals surface area contributed by atoms with Crippen LogP contribution in [0.15, 0.2) is 77.4 Å². The Labute approximate surface area is 158 Å². The van der Waals surface area contributed by atoms with Crippen LogP contribution < -0.4 is 0 Å². The largest absolute Gasteiger partial charge is 0.269 e. The van der Waals surface area contributed by atoms with Gasteiger partial charge in [0.05, 0.1) is 10.6 Å². The molecule has 0 aliphatic carbocycles. The molecule has 4 aromatic rings. The van der Waals surface area contributed by atoms with Crippen molar-refractivity contribution in [1.82, 2.24) is 14.8 Å². The van der Waals surface area contributed by atoms with Crippen LogP contribution in [0.25, 0.3) is 16.9 Å². The highest BCUT2D eigenvalue weighted by atomic mass is 32.1. The number of nitro benzene ring substituents is 1. The van der Waals surface area contributed by atoms with Crippen LogP contribution in [-0.2, 0) is 0 Å². The van der Waals surface area contributed by atoms with Crippen LogP contribution in [-0.4, -0.2) is 25.9 Å². The lowest BCUT2D eigenvalue weighted by atomic mass is 10.1. The first kappa shape index (κ1) is 16.8. The van der Waals surface area contributed by atoms with E-state index in [9.17, 15) is 10.1 Å². The highest BCUT2D eigenvalue weighted by molar-refractivity contribution is 7.13. The molecule has 8 heteroatoms. The minimum atomic E-state index is -0.419. The van der Waals surface area contributed by atoms with Gasteiger partial charge in [-0.1, -0.05) is 18.2 Å². The van der Waals surface area contributed by atoms with E-state index in [1.165, 1.54) is 23.5 Å². The number of nitro groups is 1. The van der Waals surface area contributed by atoms with Gasteiger partial charge in [0.2, 0.25) is 5.13 Å². The van der Waals surface area contributed by atoms with E-state index in [1.807, 2.05) is 41.9 Å². The molecule has 0 saturated carbocycles. The summed E-state index contributed by atoms with van der Waals surface area (Å²) in [5.41, 5.74) is 3.21. The van der Waals surface area contributed by atoms with Crippen molar-refractivity contribution in [3.63, 3.8) is 0 Å². The molecule has 0 atom stereocenters. The van der Waals surface area contributed by atoms with Crippen molar-refractivity contribution in [2.24, 2.45) is 4.99 Å². The Hall–Kier alpha value is -3.65. The molecule has 0 spiro atoms. The van der Waals surface area contributed by atoms with Gasteiger partial charge in [0.15, 0.2) is 0 Å². The summed E-state index contributed by atoms with van der Waals surface area (Å²) in [4.78, 5) is 19.0. The molecule has 0 aliphatic heterocycles. The number of aromatic nitrogens is 3. The standard InChI is InChI=1S/C19H13N5O2S/c25-24(26)17-8-6-14(7-9-17)18-15(12-21-19-20-10-11-27-19)13-23(22-18)16-4-2-1-3-5-16/h1-13H/b21-12+. The lowest BCUT2D eigenvalue weighted by Gasteiger charge is -2.00. The maximum Gasteiger partial charge on any atom is 0.269 e. The Kier molecular flexibility index (Phi) is 4.54. The fourth-order valence-electron chi connectivity index (χ4n) is 2.56. The Morgan fingerprint density at radius 1 is 1.11 bits per heavy atom. The van der Waals surface area contributed by atoms with Crippen molar-refractivity contribution in [3.05, 3.63) is 88.0 Å². The van der Waals surface area contributed by atoms with E-state index in [0.29, 0.717) is 10.8 Å². The lowest BCUT2D eigenvalue weighted by Crippen LogP contribution is -1.94. The molecule has 0 amide bonds. The minimum Gasteiger partial charge on any atom is -0.258 e. The molecule has 0 unspecified atom stereocenters. The molecular weight excluding hydrogens is 362 g/mol. The van der Waals surface area contributed by atoms with Crippen LogP contribution in [0, 0.1) is 10.1 Å². The van der Waals surface area contributed by atoms with Gasteiger partial charge in [-0.05, 0) is 24.3 Å². The Morgan fingerprint density at radius 3 is 2.56 bits per heavy atom. The number of rotatable bonds is 5. The number of hydrogen-bond acceptors (Lipinski definition) is 6. The highest BCUT2D eigenvalue weighted by Crippen LogP contribution is 2.25. The maximum absolute atomic E-state index is 10.9. The van der Waals surface area contributed by atoms with Gasteiger partial charge < -0.3 is 0 Å². The van der Waals surface area contributed by atoms with Gasteiger partial charge in [-0.15, -0.1) is 11.3 Å². The number of hydrogen-bond donors (Lipinski definition) is 0. The van der Waals surface area contributed by atoms with Gasteiger partial charge in [0.1, 0.15) is 5.69 Å². The summed E-state index contributed by atoms with van der Waals surface area (Å²) in [6.45, 7) is 0. The predicted octanol–water partition coefficient (Wildman–Crippen LogP) is 4.65. The number of para-hydroxylation sites is 1. The fraction of sp³-hybridized carbons (Fsp3) is 0. The molecule has 0 saturated heterocycles. The molecule has 2 aromatic heterocycles. The average molecular weight is 375 g/mol.